The van der Waals surface area contributed by atoms with Gasteiger partial charge < -0.3 is 9.88 Å². The Morgan fingerprint density at radius 2 is 1.38 bits per heavy atom. The number of hydrogen-bond acceptors (Lipinski definition) is 3. The van der Waals surface area contributed by atoms with Crippen LogP contribution in [0, 0.1) is 0 Å². The molecule has 39 heavy (non-hydrogen) atoms. The van der Waals surface area contributed by atoms with Gasteiger partial charge in [-0.15, -0.1) is 0 Å². The van der Waals surface area contributed by atoms with Gasteiger partial charge in [-0.3, -0.25) is 4.79 Å². The number of rotatable bonds is 10. The highest BCUT2D eigenvalue weighted by Crippen LogP contribution is 2.29. The minimum Gasteiger partial charge on any atom is -0.355 e. The highest BCUT2D eigenvalue weighted by molar-refractivity contribution is 7.90. The number of amides is 1. The number of carbonyl (C=O) groups excluding carboxylic acids is 1. The van der Waals surface area contributed by atoms with Crippen molar-refractivity contribution < 1.29 is 13.2 Å². The zero-order valence-corrected chi connectivity index (χ0v) is 22.9. The van der Waals surface area contributed by atoms with Crippen LogP contribution in [0.25, 0.3) is 10.9 Å². The summed E-state index contributed by atoms with van der Waals surface area (Å²) in [4.78, 5) is 13.2. The summed E-state index contributed by atoms with van der Waals surface area (Å²) >= 11 is 5.95. The molecule has 5 nitrogen and oxygen atoms in total. The van der Waals surface area contributed by atoms with Crippen molar-refractivity contribution in [1.29, 1.82) is 0 Å². The molecule has 0 saturated heterocycles. The fourth-order valence-corrected chi connectivity index (χ4v) is 6.64. The van der Waals surface area contributed by atoms with Crippen molar-refractivity contribution in [2.24, 2.45) is 0 Å². The van der Waals surface area contributed by atoms with Crippen molar-refractivity contribution in [3.05, 3.63) is 137 Å². The van der Waals surface area contributed by atoms with E-state index in [0.717, 1.165) is 6.42 Å². The van der Waals surface area contributed by atoms with Crippen molar-refractivity contribution in [3.63, 3.8) is 0 Å². The van der Waals surface area contributed by atoms with Gasteiger partial charge in [0.2, 0.25) is 5.91 Å². The topological polar surface area (TPSA) is 68.2 Å². The first-order valence-corrected chi connectivity index (χ1v) is 14.9. The summed E-state index contributed by atoms with van der Waals surface area (Å²) in [6.45, 7) is 0.520. The molecule has 1 heterocycles. The van der Waals surface area contributed by atoms with Crippen molar-refractivity contribution in [2.45, 2.75) is 29.5 Å². The average Bonchev–Trinajstić information content (AvgIpc) is 3.32. The molecule has 0 radical (unpaired) electrons. The Morgan fingerprint density at radius 1 is 0.795 bits per heavy atom. The van der Waals surface area contributed by atoms with E-state index in [2.05, 4.69) is 29.6 Å². The Hall–Kier alpha value is -3.87. The lowest BCUT2D eigenvalue weighted by Crippen LogP contribution is -2.29. The molecule has 0 bridgehead atoms. The van der Waals surface area contributed by atoms with Crippen LogP contribution in [0.5, 0.6) is 0 Å². The molecule has 0 aliphatic rings. The monoisotopic (exact) mass is 556 g/mol. The van der Waals surface area contributed by atoms with E-state index in [0.29, 0.717) is 28.0 Å². The zero-order valence-electron chi connectivity index (χ0n) is 21.3. The lowest BCUT2D eigenvalue weighted by molar-refractivity contribution is -0.121. The molecule has 1 N–H and O–H groups in total. The fourth-order valence-electron chi connectivity index (χ4n) is 4.93. The molecule has 5 rings (SSSR count). The number of sulfone groups is 1. The Morgan fingerprint density at radius 3 is 2.03 bits per heavy atom. The van der Waals surface area contributed by atoms with E-state index in [4.69, 9.17) is 11.6 Å². The number of carbonyl (C=O) groups is 1. The van der Waals surface area contributed by atoms with E-state index in [-0.39, 0.29) is 29.0 Å². The third-order valence-corrected chi connectivity index (χ3v) is 8.79. The van der Waals surface area contributed by atoms with Gasteiger partial charge >= 0.3 is 0 Å². The second-order valence-corrected chi connectivity index (χ2v) is 11.9. The maximum Gasteiger partial charge on any atom is 0.239 e. The number of benzene rings is 4. The zero-order chi connectivity index (χ0) is 27.2. The van der Waals surface area contributed by atoms with E-state index in [1.165, 1.54) is 11.1 Å². The molecule has 0 aliphatic heterocycles. The lowest BCUT2D eigenvalue weighted by Gasteiger charge is -2.18. The van der Waals surface area contributed by atoms with Gasteiger partial charge in [-0.25, -0.2) is 8.42 Å². The Labute approximate surface area is 234 Å². The van der Waals surface area contributed by atoms with Crippen LogP contribution in [0.2, 0.25) is 5.02 Å². The van der Waals surface area contributed by atoms with E-state index in [1.807, 2.05) is 48.5 Å². The van der Waals surface area contributed by atoms with Crippen molar-refractivity contribution in [1.82, 2.24) is 9.88 Å². The van der Waals surface area contributed by atoms with Crippen molar-refractivity contribution in [3.8, 4) is 0 Å². The SMILES string of the molecule is O=C(Cn1cc(S(=O)(=O)Cc2ccc(Cl)cc2)c2ccccc21)NCCC(c1ccccc1)c1ccccc1. The number of nitrogens with one attached hydrogen (secondary N) is 1. The molecule has 0 spiro atoms. The third kappa shape index (κ3) is 6.41. The van der Waals surface area contributed by atoms with E-state index < -0.39 is 9.84 Å². The molecular weight excluding hydrogens is 528 g/mol. The molecule has 5 aromatic rings. The number of aromatic nitrogens is 1. The number of hydrogen-bond donors (Lipinski definition) is 1. The van der Waals surface area contributed by atoms with Crippen LogP contribution < -0.4 is 5.32 Å². The molecule has 1 amide bonds. The minimum atomic E-state index is -3.65. The molecule has 4 aromatic carbocycles. The lowest BCUT2D eigenvalue weighted by atomic mass is 9.88. The minimum absolute atomic E-state index is 0.0261. The molecule has 198 valence electrons. The molecule has 7 heteroatoms. The standard InChI is InChI=1S/C32H29ClN2O3S/c33-27-17-15-24(16-18-27)23-39(37,38)31-21-35(30-14-8-7-13-29(30)31)22-32(36)34-20-19-28(25-9-3-1-4-10-25)26-11-5-2-6-12-26/h1-18,21,28H,19-20,22-23H2,(H,34,36). The Bertz CT molecular complexity index is 1630. The predicted molar refractivity (Wildman–Crippen MR) is 157 cm³/mol. The molecule has 1 aromatic heterocycles. The molecule has 0 atom stereocenters. The van der Waals surface area contributed by atoms with Crippen LogP contribution in [0.4, 0.5) is 0 Å². The van der Waals surface area contributed by atoms with E-state index in [9.17, 15) is 13.2 Å². The van der Waals surface area contributed by atoms with Crippen LogP contribution in [0.3, 0.4) is 0 Å². The first-order valence-electron chi connectivity index (χ1n) is 12.8. The average molecular weight is 557 g/mol. The van der Waals surface area contributed by atoms with Gasteiger partial charge in [0, 0.05) is 34.6 Å². The molecule has 0 aliphatic carbocycles. The number of fused-ring (bicyclic) bond motifs is 1. The number of halogens is 1. The Balaban J connectivity index is 1.30. The van der Waals surface area contributed by atoms with Gasteiger partial charge in [0.05, 0.1) is 10.6 Å². The largest absolute Gasteiger partial charge is 0.355 e. The maximum absolute atomic E-state index is 13.4. The first-order chi connectivity index (χ1) is 18.9. The van der Waals surface area contributed by atoms with Gasteiger partial charge in [0.1, 0.15) is 6.54 Å². The Kier molecular flexibility index (Phi) is 8.15. The maximum atomic E-state index is 13.4. The highest BCUT2D eigenvalue weighted by Gasteiger charge is 2.22. The molecule has 0 saturated carbocycles. The number of para-hydroxylation sites is 1. The van der Waals surface area contributed by atoms with Gasteiger partial charge in [0.25, 0.3) is 0 Å². The summed E-state index contributed by atoms with van der Waals surface area (Å²) in [6.07, 6.45) is 2.32. The van der Waals surface area contributed by atoms with Crippen LogP contribution in [0.15, 0.2) is 120 Å². The summed E-state index contributed by atoms with van der Waals surface area (Å²) in [7, 11) is -3.65. The van der Waals surface area contributed by atoms with Crippen molar-refractivity contribution in [2.75, 3.05) is 6.54 Å². The molecular formula is C32H29ClN2O3S. The van der Waals surface area contributed by atoms with Gasteiger partial charge in [-0.1, -0.05) is 103 Å². The molecule has 0 fully saturated rings. The van der Waals surface area contributed by atoms with Gasteiger partial charge in [-0.05, 0) is 41.3 Å². The summed E-state index contributed by atoms with van der Waals surface area (Å²) < 4.78 is 28.5. The number of nitrogens with zero attached hydrogens (tertiary/aromatic N) is 1. The molecule has 0 unspecified atom stereocenters. The third-order valence-electron chi connectivity index (χ3n) is 6.83. The second-order valence-electron chi connectivity index (χ2n) is 9.54. The van der Waals surface area contributed by atoms with Gasteiger partial charge in [0.15, 0.2) is 9.84 Å². The van der Waals surface area contributed by atoms with Crippen LogP contribution in [-0.4, -0.2) is 25.4 Å². The smallest absolute Gasteiger partial charge is 0.239 e. The summed E-state index contributed by atoms with van der Waals surface area (Å²) in [6, 6.07) is 34.6. The van der Waals surface area contributed by atoms with E-state index in [1.54, 1.807) is 47.2 Å². The summed E-state index contributed by atoms with van der Waals surface area (Å²) in [5.74, 6) is -0.160. The highest BCUT2D eigenvalue weighted by atomic mass is 35.5. The van der Waals surface area contributed by atoms with Crippen LogP contribution >= 0.6 is 11.6 Å². The van der Waals surface area contributed by atoms with Gasteiger partial charge in [-0.2, -0.15) is 0 Å². The van der Waals surface area contributed by atoms with Crippen LogP contribution in [0.1, 0.15) is 29.0 Å². The van der Waals surface area contributed by atoms with Crippen molar-refractivity contribution >= 4 is 38.2 Å². The second kappa shape index (κ2) is 11.9. The quantitative estimate of drug-likeness (QED) is 0.210. The fraction of sp³-hybridized carbons (Fsp3) is 0.156. The summed E-state index contributed by atoms with van der Waals surface area (Å²) in [5.41, 5.74) is 3.75. The van der Waals surface area contributed by atoms with Crippen LogP contribution in [-0.2, 0) is 26.9 Å². The normalized spacial score (nSPS) is 11.6. The van der Waals surface area contributed by atoms with E-state index >= 15 is 0 Å². The summed E-state index contributed by atoms with van der Waals surface area (Å²) in [5, 5.41) is 4.19. The first kappa shape index (κ1) is 26.7. The predicted octanol–water partition coefficient (Wildman–Crippen LogP) is 6.61.